The van der Waals surface area contributed by atoms with Crippen LogP contribution in [0.2, 0.25) is 0 Å². The molecule has 1 unspecified atom stereocenters. The third-order valence-electron chi connectivity index (χ3n) is 6.98. The minimum Gasteiger partial charge on any atom is -0.333 e. The van der Waals surface area contributed by atoms with Crippen LogP contribution in [0.1, 0.15) is 71.0 Å². The highest BCUT2D eigenvalue weighted by Gasteiger charge is 2.42. The summed E-state index contributed by atoms with van der Waals surface area (Å²) in [4.78, 5) is 21.9. The van der Waals surface area contributed by atoms with Crippen molar-refractivity contribution in [1.29, 1.82) is 0 Å². The maximum Gasteiger partial charge on any atom is 0.265 e. The van der Waals surface area contributed by atoms with Gasteiger partial charge in [-0.1, -0.05) is 65.7 Å². The van der Waals surface area contributed by atoms with Crippen LogP contribution in [0.5, 0.6) is 0 Å². The molecule has 0 radical (unpaired) electrons. The summed E-state index contributed by atoms with van der Waals surface area (Å²) in [5.74, 6) is 0.725. The van der Waals surface area contributed by atoms with Crippen molar-refractivity contribution >= 4 is 28.1 Å². The Morgan fingerprint density at radius 1 is 1.34 bits per heavy atom. The van der Waals surface area contributed by atoms with Crippen molar-refractivity contribution in [1.82, 2.24) is 9.80 Å². The Morgan fingerprint density at radius 3 is 2.66 bits per heavy atom. The minimum absolute atomic E-state index is 0.0433. The van der Waals surface area contributed by atoms with E-state index in [-0.39, 0.29) is 17.4 Å². The molecule has 4 nitrogen and oxygen atoms in total. The van der Waals surface area contributed by atoms with Gasteiger partial charge in [0.1, 0.15) is 5.82 Å². The van der Waals surface area contributed by atoms with E-state index in [2.05, 4.69) is 79.7 Å². The number of amides is 1. The van der Waals surface area contributed by atoms with Crippen LogP contribution in [0, 0.1) is 5.41 Å². The van der Waals surface area contributed by atoms with Crippen LogP contribution < -0.4 is 0 Å². The van der Waals surface area contributed by atoms with Crippen molar-refractivity contribution in [2.75, 3.05) is 13.6 Å². The molecule has 1 aliphatic heterocycles. The van der Waals surface area contributed by atoms with Gasteiger partial charge < -0.3 is 9.80 Å². The zero-order valence-electron chi connectivity index (χ0n) is 20.3. The number of carbonyl (C=O) groups excluding carboxylic acids is 1. The fraction of sp³-hybridized carbons (Fsp3) is 0.481. The Balaban J connectivity index is 1.87. The molecule has 0 saturated heterocycles. The molecule has 2 aliphatic rings. The number of allylic oxidation sites excluding steroid dienone is 5. The molecule has 32 heavy (non-hydrogen) atoms. The zero-order chi connectivity index (χ0) is 23.5. The van der Waals surface area contributed by atoms with Gasteiger partial charge >= 0.3 is 0 Å². The number of aliphatic imine (C=N–C) groups is 1. The summed E-state index contributed by atoms with van der Waals surface area (Å²) in [7, 11) is 2.05. The molecule has 0 N–H and O–H groups in total. The fourth-order valence-corrected chi connectivity index (χ4v) is 4.89. The lowest BCUT2D eigenvalue weighted by Crippen LogP contribution is -2.39. The highest BCUT2D eigenvalue weighted by molar-refractivity contribution is 9.11. The van der Waals surface area contributed by atoms with Gasteiger partial charge in [-0.05, 0) is 63.7 Å². The van der Waals surface area contributed by atoms with Gasteiger partial charge in [0.25, 0.3) is 5.91 Å². The number of fused-ring (bicyclic) bond motifs is 1. The van der Waals surface area contributed by atoms with E-state index in [0.29, 0.717) is 6.54 Å². The highest BCUT2D eigenvalue weighted by atomic mass is 79.9. The predicted molar refractivity (Wildman–Crippen MR) is 138 cm³/mol. The number of hydrogen-bond acceptors (Lipinski definition) is 3. The van der Waals surface area contributed by atoms with Crippen LogP contribution in [-0.2, 0) is 11.2 Å². The molecule has 3 rings (SSSR count). The topological polar surface area (TPSA) is 35.9 Å². The first-order valence-corrected chi connectivity index (χ1v) is 12.4. The highest BCUT2D eigenvalue weighted by Crippen LogP contribution is 2.52. The largest absolute Gasteiger partial charge is 0.333 e. The van der Waals surface area contributed by atoms with E-state index >= 15 is 0 Å². The van der Waals surface area contributed by atoms with E-state index < -0.39 is 0 Å². The Kier molecular flexibility index (Phi) is 7.81. The van der Waals surface area contributed by atoms with E-state index in [4.69, 9.17) is 4.99 Å². The standard InChI is InChI=1S/C27H36BrN3O/c1-7-19(3)23(28)17-25(30(6)24(8-2)27(5)14-15-27)29-18-26(32)31-16-13-21-11-9-10-12-22(21)20(31)4/h8-12,17-18,20H,7,13-16H2,1-6H3/b23-19+,24-8-,25-17-,29-18+. The lowest BCUT2D eigenvalue weighted by molar-refractivity contribution is -0.126. The number of nitrogens with zero attached hydrogens (tertiary/aromatic N) is 3. The number of hydrogen-bond donors (Lipinski definition) is 0. The van der Waals surface area contributed by atoms with Gasteiger partial charge in [-0.3, -0.25) is 4.79 Å². The lowest BCUT2D eigenvalue weighted by Gasteiger charge is -2.34. The van der Waals surface area contributed by atoms with Crippen molar-refractivity contribution in [2.45, 2.75) is 66.3 Å². The maximum atomic E-state index is 13.2. The van der Waals surface area contributed by atoms with E-state index in [1.807, 2.05) is 24.1 Å². The summed E-state index contributed by atoms with van der Waals surface area (Å²) < 4.78 is 1.02. The zero-order valence-corrected chi connectivity index (χ0v) is 21.9. The molecule has 1 amide bonds. The molecule has 1 aromatic carbocycles. The predicted octanol–water partition coefficient (Wildman–Crippen LogP) is 6.76. The van der Waals surface area contributed by atoms with Crippen LogP contribution in [0.4, 0.5) is 0 Å². The number of halogens is 1. The molecule has 1 aromatic rings. The molecular formula is C27H36BrN3O. The van der Waals surface area contributed by atoms with E-state index in [1.165, 1.54) is 41.5 Å². The van der Waals surface area contributed by atoms with Crippen molar-refractivity contribution in [3.8, 4) is 0 Å². The summed E-state index contributed by atoms with van der Waals surface area (Å²) in [6.45, 7) is 11.4. The fourth-order valence-electron chi connectivity index (χ4n) is 4.41. The average Bonchev–Trinajstić information content (AvgIpc) is 3.54. The van der Waals surface area contributed by atoms with Crippen LogP contribution >= 0.6 is 15.9 Å². The van der Waals surface area contributed by atoms with E-state index in [0.717, 1.165) is 23.1 Å². The molecule has 172 valence electrons. The first kappa shape index (κ1) is 24.5. The Morgan fingerprint density at radius 2 is 2.03 bits per heavy atom. The quantitative estimate of drug-likeness (QED) is 0.308. The number of rotatable bonds is 7. The maximum absolute atomic E-state index is 13.2. The second-order valence-electron chi connectivity index (χ2n) is 9.19. The summed E-state index contributed by atoms with van der Waals surface area (Å²) in [5, 5.41) is 0. The SMILES string of the molecule is C/C=C(\N(C)C(=C\C(Br)=C(\C)CC)/N=C/C(=O)N1CCc2ccccc2C1C)C1(C)CC1. The second-order valence-corrected chi connectivity index (χ2v) is 10.0. The normalized spacial score (nSPS) is 21.3. The van der Waals surface area contributed by atoms with Crippen LogP contribution in [-0.4, -0.2) is 35.5 Å². The van der Waals surface area contributed by atoms with E-state index in [9.17, 15) is 4.79 Å². The van der Waals surface area contributed by atoms with Gasteiger partial charge in [-0.25, -0.2) is 4.99 Å². The Labute approximate surface area is 201 Å². The van der Waals surface area contributed by atoms with Gasteiger partial charge in [-0.2, -0.15) is 0 Å². The van der Waals surface area contributed by atoms with E-state index in [1.54, 1.807) is 0 Å². The van der Waals surface area contributed by atoms with Crippen molar-refractivity contribution < 1.29 is 4.79 Å². The summed E-state index contributed by atoms with van der Waals surface area (Å²) in [6.07, 6.45) is 9.91. The Bertz CT molecular complexity index is 984. The van der Waals surface area contributed by atoms with Crippen LogP contribution in [0.15, 0.2) is 63.0 Å². The second kappa shape index (κ2) is 10.2. The van der Waals surface area contributed by atoms with Gasteiger partial charge in [0.05, 0.1) is 12.3 Å². The van der Waals surface area contributed by atoms with Crippen molar-refractivity contribution in [3.63, 3.8) is 0 Å². The molecule has 0 spiro atoms. The number of benzene rings is 1. The first-order valence-electron chi connectivity index (χ1n) is 11.6. The van der Waals surface area contributed by atoms with Crippen molar-refractivity contribution in [3.05, 3.63) is 69.1 Å². The monoisotopic (exact) mass is 497 g/mol. The molecule has 1 aliphatic carbocycles. The minimum atomic E-state index is -0.0433. The Hall–Kier alpha value is -2.14. The molecule has 0 aromatic heterocycles. The van der Waals surface area contributed by atoms with Crippen LogP contribution in [0.3, 0.4) is 0 Å². The molecule has 1 fully saturated rings. The smallest absolute Gasteiger partial charge is 0.265 e. The van der Waals surface area contributed by atoms with Gasteiger partial charge in [0.2, 0.25) is 0 Å². The average molecular weight is 499 g/mol. The third-order valence-corrected chi connectivity index (χ3v) is 7.88. The van der Waals surface area contributed by atoms with Crippen LogP contribution in [0.25, 0.3) is 0 Å². The molecular weight excluding hydrogens is 462 g/mol. The molecule has 1 heterocycles. The summed E-state index contributed by atoms with van der Waals surface area (Å²) in [5.41, 5.74) is 5.26. The van der Waals surface area contributed by atoms with Crippen molar-refractivity contribution in [2.24, 2.45) is 10.4 Å². The third kappa shape index (κ3) is 5.25. The lowest BCUT2D eigenvalue weighted by atomic mass is 9.94. The van der Waals surface area contributed by atoms with Gasteiger partial charge in [0, 0.05) is 29.2 Å². The summed E-state index contributed by atoms with van der Waals surface area (Å²) >= 11 is 3.71. The first-order chi connectivity index (χ1) is 15.2. The van der Waals surface area contributed by atoms with Gasteiger partial charge in [0.15, 0.2) is 0 Å². The molecule has 1 saturated carbocycles. The molecule has 0 bridgehead atoms. The number of carbonyl (C=O) groups is 1. The molecule has 1 atom stereocenters. The van der Waals surface area contributed by atoms with Gasteiger partial charge in [-0.15, -0.1) is 0 Å². The molecule has 5 heteroatoms. The summed E-state index contributed by atoms with van der Waals surface area (Å²) in [6, 6.07) is 8.45.